The number of benzene rings is 1. The maximum absolute atomic E-state index is 12.8. The molecule has 1 N–H and O–H groups in total. The molecule has 1 unspecified atom stereocenters. The SMILES string of the molecule is Cc1cc(=O)n(C(C)C(=O)Nc2nnc(C3CCCCC3)s2)c2ccccc12. The van der Waals surface area contributed by atoms with Crippen LogP contribution in [0.15, 0.2) is 35.1 Å². The molecule has 0 bridgehead atoms. The number of aryl methyl sites for hydroxylation is 1. The lowest BCUT2D eigenvalue weighted by Gasteiger charge is -2.18. The second-order valence-electron chi connectivity index (χ2n) is 7.50. The summed E-state index contributed by atoms with van der Waals surface area (Å²) in [6.07, 6.45) is 6.03. The lowest BCUT2D eigenvalue weighted by Crippen LogP contribution is -2.31. The van der Waals surface area contributed by atoms with E-state index in [0.717, 1.165) is 34.3 Å². The van der Waals surface area contributed by atoms with Crippen LogP contribution in [0.2, 0.25) is 0 Å². The van der Waals surface area contributed by atoms with Crippen LogP contribution in [0.3, 0.4) is 0 Å². The van der Waals surface area contributed by atoms with Crippen molar-refractivity contribution in [2.45, 2.75) is 57.9 Å². The van der Waals surface area contributed by atoms with Crippen LogP contribution in [0.5, 0.6) is 0 Å². The summed E-state index contributed by atoms with van der Waals surface area (Å²) in [5.74, 6) is 0.195. The fourth-order valence-corrected chi connectivity index (χ4v) is 4.91. The number of anilines is 1. The van der Waals surface area contributed by atoms with Crippen molar-refractivity contribution in [2.75, 3.05) is 5.32 Å². The average molecular weight is 397 g/mol. The molecular formula is C21H24N4O2S. The predicted molar refractivity (Wildman–Crippen MR) is 112 cm³/mol. The Bertz CT molecular complexity index is 1070. The highest BCUT2D eigenvalue weighted by molar-refractivity contribution is 7.15. The van der Waals surface area contributed by atoms with Crippen molar-refractivity contribution in [2.24, 2.45) is 0 Å². The van der Waals surface area contributed by atoms with Crippen LogP contribution in [0, 0.1) is 6.92 Å². The van der Waals surface area contributed by atoms with E-state index in [4.69, 9.17) is 0 Å². The Balaban J connectivity index is 1.57. The number of carbonyl (C=O) groups is 1. The molecule has 1 saturated carbocycles. The maximum atomic E-state index is 12.8. The van der Waals surface area contributed by atoms with E-state index in [1.807, 2.05) is 31.2 Å². The lowest BCUT2D eigenvalue weighted by molar-refractivity contribution is -0.118. The maximum Gasteiger partial charge on any atom is 0.252 e. The quantitative estimate of drug-likeness (QED) is 0.709. The van der Waals surface area contributed by atoms with Crippen molar-refractivity contribution < 1.29 is 4.79 Å². The smallest absolute Gasteiger partial charge is 0.252 e. The molecule has 1 amide bonds. The van der Waals surface area contributed by atoms with E-state index < -0.39 is 6.04 Å². The van der Waals surface area contributed by atoms with Crippen molar-refractivity contribution in [1.29, 1.82) is 0 Å². The van der Waals surface area contributed by atoms with Gasteiger partial charge in [0.25, 0.3) is 5.56 Å². The summed E-state index contributed by atoms with van der Waals surface area (Å²) >= 11 is 1.45. The van der Waals surface area contributed by atoms with Gasteiger partial charge < -0.3 is 0 Å². The molecule has 0 spiro atoms. The molecule has 7 heteroatoms. The molecule has 3 aromatic rings. The molecule has 1 aromatic carbocycles. The fourth-order valence-electron chi connectivity index (χ4n) is 3.99. The van der Waals surface area contributed by atoms with Gasteiger partial charge in [0.2, 0.25) is 11.0 Å². The molecule has 1 aliphatic rings. The first-order chi connectivity index (χ1) is 13.5. The summed E-state index contributed by atoms with van der Waals surface area (Å²) in [6, 6.07) is 8.58. The van der Waals surface area contributed by atoms with E-state index in [1.54, 1.807) is 17.6 Å². The van der Waals surface area contributed by atoms with Gasteiger partial charge in [-0.15, -0.1) is 10.2 Å². The third-order valence-corrected chi connectivity index (χ3v) is 6.56. The number of aromatic nitrogens is 3. The zero-order valence-corrected chi connectivity index (χ0v) is 17.0. The van der Waals surface area contributed by atoms with Gasteiger partial charge in [0.15, 0.2) is 0 Å². The van der Waals surface area contributed by atoms with Crippen LogP contribution in [0.25, 0.3) is 10.9 Å². The fraction of sp³-hybridized carbons (Fsp3) is 0.429. The van der Waals surface area contributed by atoms with Gasteiger partial charge in [-0.25, -0.2) is 0 Å². The first-order valence-electron chi connectivity index (χ1n) is 9.80. The molecule has 1 aliphatic carbocycles. The minimum atomic E-state index is -0.653. The minimum Gasteiger partial charge on any atom is -0.299 e. The van der Waals surface area contributed by atoms with Gasteiger partial charge >= 0.3 is 0 Å². The number of amides is 1. The van der Waals surface area contributed by atoms with E-state index in [0.29, 0.717) is 11.0 Å². The Labute approximate surface area is 167 Å². The summed E-state index contributed by atoms with van der Waals surface area (Å²) in [5, 5.41) is 13.8. The third-order valence-electron chi connectivity index (χ3n) is 5.56. The second-order valence-corrected chi connectivity index (χ2v) is 8.51. The highest BCUT2D eigenvalue weighted by Gasteiger charge is 2.23. The minimum absolute atomic E-state index is 0.181. The van der Waals surface area contributed by atoms with Crippen LogP contribution in [-0.4, -0.2) is 20.7 Å². The summed E-state index contributed by atoms with van der Waals surface area (Å²) < 4.78 is 1.54. The standard InChI is InChI=1S/C21H24N4O2S/c1-13-12-18(26)25(17-11-7-6-10-16(13)17)14(2)19(27)22-21-24-23-20(28-21)15-8-4-3-5-9-15/h6-7,10-12,14-15H,3-5,8-9H2,1-2H3,(H,22,24,27). The Kier molecular flexibility index (Phi) is 5.26. The number of rotatable bonds is 4. The van der Waals surface area contributed by atoms with Crippen LogP contribution >= 0.6 is 11.3 Å². The van der Waals surface area contributed by atoms with Gasteiger partial charge in [-0.2, -0.15) is 0 Å². The number of fused-ring (bicyclic) bond motifs is 1. The molecule has 0 radical (unpaired) electrons. The summed E-state index contributed by atoms with van der Waals surface area (Å²) in [4.78, 5) is 25.5. The molecule has 4 rings (SSSR count). The predicted octanol–water partition coefficient (Wildman–Crippen LogP) is 4.41. The molecule has 2 aromatic heterocycles. The van der Waals surface area contributed by atoms with Crippen LogP contribution in [0.1, 0.15) is 61.6 Å². The molecule has 28 heavy (non-hydrogen) atoms. The van der Waals surface area contributed by atoms with E-state index >= 15 is 0 Å². The molecule has 0 aliphatic heterocycles. The number of nitrogens with one attached hydrogen (secondary N) is 1. The number of para-hydroxylation sites is 1. The van der Waals surface area contributed by atoms with Gasteiger partial charge in [-0.05, 0) is 38.3 Å². The van der Waals surface area contributed by atoms with Gasteiger partial charge in [-0.3, -0.25) is 19.5 Å². The lowest BCUT2D eigenvalue weighted by atomic mass is 9.90. The summed E-state index contributed by atoms with van der Waals surface area (Å²) in [5.41, 5.74) is 1.49. The van der Waals surface area contributed by atoms with Gasteiger partial charge in [0.05, 0.1) is 5.52 Å². The third kappa shape index (κ3) is 3.58. The molecule has 6 nitrogen and oxygen atoms in total. The second kappa shape index (κ2) is 7.83. The number of pyridine rings is 1. The van der Waals surface area contributed by atoms with Crippen molar-refractivity contribution in [3.05, 3.63) is 51.3 Å². The van der Waals surface area contributed by atoms with Crippen LogP contribution in [-0.2, 0) is 4.79 Å². The molecule has 1 fully saturated rings. The zero-order chi connectivity index (χ0) is 19.7. The van der Waals surface area contributed by atoms with Crippen molar-refractivity contribution >= 4 is 33.3 Å². The number of hydrogen-bond donors (Lipinski definition) is 1. The van der Waals surface area contributed by atoms with E-state index in [1.165, 1.54) is 30.6 Å². The molecular weight excluding hydrogens is 372 g/mol. The Hall–Kier alpha value is -2.54. The largest absolute Gasteiger partial charge is 0.299 e. The molecule has 2 heterocycles. The number of nitrogens with zero attached hydrogens (tertiary/aromatic N) is 3. The Morgan fingerprint density at radius 3 is 2.75 bits per heavy atom. The van der Waals surface area contributed by atoms with E-state index in [2.05, 4.69) is 15.5 Å². The average Bonchev–Trinajstić information content (AvgIpc) is 3.17. The van der Waals surface area contributed by atoms with E-state index in [9.17, 15) is 9.59 Å². The molecule has 1 atom stereocenters. The number of hydrogen-bond acceptors (Lipinski definition) is 5. The molecule has 146 valence electrons. The first-order valence-corrected chi connectivity index (χ1v) is 10.6. The van der Waals surface area contributed by atoms with Gasteiger partial charge in [0.1, 0.15) is 11.0 Å². The first kappa shape index (κ1) is 18.8. The van der Waals surface area contributed by atoms with Crippen LogP contribution in [0.4, 0.5) is 5.13 Å². The monoisotopic (exact) mass is 396 g/mol. The van der Waals surface area contributed by atoms with Crippen molar-refractivity contribution in [3.8, 4) is 0 Å². The van der Waals surface area contributed by atoms with Crippen LogP contribution < -0.4 is 10.9 Å². The van der Waals surface area contributed by atoms with Crippen molar-refractivity contribution in [1.82, 2.24) is 14.8 Å². The Morgan fingerprint density at radius 2 is 1.96 bits per heavy atom. The summed E-state index contributed by atoms with van der Waals surface area (Å²) in [7, 11) is 0. The summed E-state index contributed by atoms with van der Waals surface area (Å²) in [6.45, 7) is 3.65. The van der Waals surface area contributed by atoms with Crippen molar-refractivity contribution in [3.63, 3.8) is 0 Å². The Morgan fingerprint density at radius 1 is 1.21 bits per heavy atom. The zero-order valence-electron chi connectivity index (χ0n) is 16.1. The number of carbonyl (C=O) groups excluding carboxylic acids is 1. The van der Waals surface area contributed by atoms with E-state index in [-0.39, 0.29) is 11.5 Å². The molecule has 0 saturated heterocycles. The highest BCUT2D eigenvalue weighted by Crippen LogP contribution is 2.35. The normalized spacial score (nSPS) is 16.2. The van der Waals surface area contributed by atoms with Gasteiger partial charge in [0, 0.05) is 17.4 Å². The topological polar surface area (TPSA) is 76.9 Å². The highest BCUT2D eigenvalue weighted by atomic mass is 32.1. The van der Waals surface area contributed by atoms with Gasteiger partial charge in [-0.1, -0.05) is 48.8 Å².